The van der Waals surface area contributed by atoms with Gasteiger partial charge in [-0.2, -0.15) is 12.6 Å². The van der Waals surface area contributed by atoms with Crippen molar-refractivity contribution in [1.29, 1.82) is 0 Å². The van der Waals surface area contributed by atoms with Gasteiger partial charge in [-0.3, -0.25) is 4.79 Å². The van der Waals surface area contributed by atoms with Crippen molar-refractivity contribution in [1.82, 2.24) is 0 Å². The van der Waals surface area contributed by atoms with Gasteiger partial charge < -0.3 is 15.4 Å². The van der Waals surface area contributed by atoms with Gasteiger partial charge in [-0.05, 0) is 104 Å². The molecule has 1 aliphatic carbocycles. The highest BCUT2D eigenvalue weighted by molar-refractivity contribution is 7.80. The Morgan fingerprint density at radius 1 is 1.22 bits per heavy atom. The summed E-state index contributed by atoms with van der Waals surface area (Å²) in [5, 5.41) is 0.795. The van der Waals surface area contributed by atoms with E-state index in [0.29, 0.717) is 29.9 Å². The molecule has 6 heteroatoms. The molecule has 4 atom stereocenters. The highest BCUT2D eigenvalue weighted by Gasteiger charge is 2.33. The lowest BCUT2D eigenvalue weighted by molar-refractivity contribution is 0.1000. The van der Waals surface area contributed by atoms with Crippen molar-refractivity contribution in [3.8, 4) is 5.75 Å². The number of anilines is 1. The van der Waals surface area contributed by atoms with Gasteiger partial charge in [0.25, 0.3) is 0 Å². The highest BCUT2D eigenvalue weighted by Crippen LogP contribution is 2.41. The average molecular weight is 541 g/mol. The lowest BCUT2D eigenvalue weighted by Crippen LogP contribution is -2.40. The molecule has 4 rings (SSSR count). The standard InChI is InChI=1S/C31H41ClN2O2S/c1-22(21-37)6-2-3-10-25-12-13-27(25)19-34-18-24(9-4-7-23-8-5-11-28(32)16-23)20-36-30-15-14-26(31(33)35)17-29(30)34/h2-3,5,8,11,14-17,22,24-25,27,37H,4,6-7,9-10,12-13,18-21H2,1H3,(H2,33,35)/b3-2+/t22-,24?,25+,27-/m0/s1. The molecule has 0 radical (unpaired) electrons. The van der Waals surface area contributed by atoms with Gasteiger partial charge in [0, 0.05) is 29.6 Å². The number of nitrogens with zero attached hydrogens (tertiary/aromatic N) is 1. The Bertz CT molecular complexity index is 1070. The van der Waals surface area contributed by atoms with Crippen LogP contribution in [-0.4, -0.2) is 31.4 Å². The molecular formula is C31H41ClN2O2S. The molecule has 1 heterocycles. The molecule has 37 heavy (non-hydrogen) atoms. The van der Waals surface area contributed by atoms with Crippen LogP contribution in [0.5, 0.6) is 5.75 Å². The summed E-state index contributed by atoms with van der Waals surface area (Å²) in [6, 6.07) is 13.8. The third kappa shape index (κ3) is 7.94. The summed E-state index contributed by atoms with van der Waals surface area (Å²) in [5.74, 6) is 3.81. The normalized spacial score (nSPS) is 22.1. The van der Waals surface area contributed by atoms with E-state index < -0.39 is 5.91 Å². The molecule has 0 spiro atoms. The van der Waals surface area contributed by atoms with E-state index >= 15 is 0 Å². The molecule has 1 fully saturated rings. The molecule has 4 nitrogen and oxygen atoms in total. The lowest BCUT2D eigenvalue weighted by Gasteiger charge is -2.41. The summed E-state index contributed by atoms with van der Waals surface area (Å²) in [6.45, 7) is 4.86. The molecule has 1 saturated carbocycles. The number of halogens is 1. The van der Waals surface area contributed by atoms with E-state index in [2.05, 4.69) is 48.7 Å². The fourth-order valence-electron chi connectivity index (χ4n) is 5.49. The molecule has 200 valence electrons. The second kappa shape index (κ2) is 13.6. The summed E-state index contributed by atoms with van der Waals surface area (Å²) in [5.41, 5.74) is 8.46. The molecule has 1 aliphatic heterocycles. The van der Waals surface area contributed by atoms with Crippen molar-refractivity contribution in [2.24, 2.45) is 29.4 Å². The van der Waals surface area contributed by atoms with Crippen molar-refractivity contribution in [2.45, 2.75) is 51.9 Å². The topological polar surface area (TPSA) is 55.6 Å². The molecule has 2 N–H and O–H groups in total. The van der Waals surface area contributed by atoms with Crippen molar-refractivity contribution in [3.05, 3.63) is 70.8 Å². The van der Waals surface area contributed by atoms with E-state index in [1.807, 2.05) is 24.3 Å². The largest absolute Gasteiger partial charge is 0.491 e. The first-order chi connectivity index (χ1) is 17.9. The first-order valence-electron chi connectivity index (χ1n) is 13.7. The maximum atomic E-state index is 11.9. The summed E-state index contributed by atoms with van der Waals surface area (Å²) in [7, 11) is 0. The van der Waals surface area contributed by atoms with Crippen molar-refractivity contribution in [3.63, 3.8) is 0 Å². The van der Waals surface area contributed by atoms with E-state index in [1.54, 1.807) is 6.07 Å². The number of amides is 1. The Hall–Kier alpha value is -2.11. The zero-order valence-corrected chi connectivity index (χ0v) is 23.6. The molecule has 0 aromatic heterocycles. The predicted octanol–water partition coefficient (Wildman–Crippen LogP) is 7.21. The zero-order chi connectivity index (χ0) is 26.2. The van der Waals surface area contributed by atoms with E-state index in [-0.39, 0.29) is 0 Å². The number of fused-ring (bicyclic) bond motifs is 1. The van der Waals surface area contributed by atoms with Gasteiger partial charge in [-0.25, -0.2) is 0 Å². The van der Waals surface area contributed by atoms with Crippen LogP contribution in [-0.2, 0) is 6.42 Å². The van der Waals surface area contributed by atoms with Gasteiger partial charge in [0.15, 0.2) is 0 Å². The number of benzene rings is 2. The summed E-state index contributed by atoms with van der Waals surface area (Å²) in [4.78, 5) is 14.4. The Morgan fingerprint density at radius 3 is 2.78 bits per heavy atom. The second-order valence-corrected chi connectivity index (χ2v) is 11.8. The van der Waals surface area contributed by atoms with Gasteiger partial charge in [0.2, 0.25) is 5.91 Å². The van der Waals surface area contributed by atoms with Crippen LogP contribution in [0, 0.1) is 23.7 Å². The van der Waals surface area contributed by atoms with Gasteiger partial charge in [0.05, 0.1) is 12.3 Å². The van der Waals surface area contributed by atoms with Crippen molar-refractivity contribution < 1.29 is 9.53 Å². The highest BCUT2D eigenvalue weighted by atomic mass is 35.5. The fourth-order valence-corrected chi connectivity index (χ4v) is 5.85. The first kappa shape index (κ1) is 27.9. The molecule has 1 unspecified atom stereocenters. The molecule has 0 saturated heterocycles. The number of carbonyl (C=O) groups is 1. The number of primary amides is 1. The van der Waals surface area contributed by atoms with Crippen molar-refractivity contribution >= 4 is 35.8 Å². The van der Waals surface area contributed by atoms with Gasteiger partial charge >= 0.3 is 0 Å². The monoisotopic (exact) mass is 540 g/mol. The summed E-state index contributed by atoms with van der Waals surface area (Å²) < 4.78 is 6.29. The molecular weight excluding hydrogens is 500 g/mol. The van der Waals surface area contributed by atoms with E-state index in [9.17, 15) is 4.79 Å². The lowest BCUT2D eigenvalue weighted by atomic mass is 9.71. The molecule has 2 aromatic rings. The Morgan fingerprint density at radius 2 is 2.05 bits per heavy atom. The smallest absolute Gasteiger partial charge is 0.248 e. The number of rotatable bonds is 12. The third-order valence-corrected chi connectivity index (χ3v) is 8.85. The fraction of sp³-hybridized carbons (Fsp3) is 0.516. The summed E-state index contributed by atoms with van der Waals surface area (Å²) >= 11 is 10.6. The quantitative estimate of drug-likeness (QED) is 0.221. The average Bonchev–Trinajstić information content (AvgIpc) is 3.05. The zero-order valence-electron chi connectivity index (χ0n) is 21.9. The Kier molecular flexibility index (Phi) is 10.3. The minimum absolute atomic E-state index is 0.396. The van der Waals surface area contributed by atoms with Crippen LogP contribution in [0.1, 0.15) is 61.4 Å². The maximum Gasteiger partial charge on any atom is 0.248 e. The van der Waals surface area contributed by atoms with E-state index in [0.717, 1.165) is 73.3 Å². The Labute approximate surface area is 233 Å². The van der Waals surface area contributed by atoms with Crippen LogP contribution in [0.2, 0.25) is 5.02 Å². The molecule has 1 amide bonds. The van der Waals surface area contributed by atoms with Crippen molar-refractivity contribution in [2.75, 3.05) is 30.3 Å². The van der Waals surface area contributed by atoms with Crippen LogP contribution in [0.3, 0.4) is 0 Å². The third-order valence-electron chi connectivity index (χ3n) is 7.99. The number of thiol groups is 1. The number of allylic oxidation sites excluding steroid dienone is 2. The number of aryl methyl sites for hydroxylation is 1. The number of ether oxygens (including phenoxy) is 1. The van der Waals surface area contributed by atoms with Crippen LogP contribution < -0.4 is 15.4 Å². The van der Waals surface area contributed by atoms with Crippen LogP contribution in [0.25, 0.3) is 0 Å². The van der Waals surface area contributed by atoms with Crippen LogP contribution >= 0.6 is 24.2 Å². The minimum Gasteiger partial charge on any atom is -0.491 e. The molecule has 2 aromatic carbocycles. The van der Waals surface area contributed by atoms with E-state index in [1.165, 1.54) is 18.4 Å². The van der Waals surface area contributed by atoms with Gasteiger partial charge in [-0.15, -0.1) is 0 Å². The van der Waals surface area contributed by atoms with E-state index in [4.69, 9.17) is 22.1 Å². The second-order valence-electron chi connectivity index (χ2n) is 11.0. The van der Waals surface area contributed by atoms with Gasteiger partial charge in [0.1, 0.15) is 5.75 Å². The number of nitrogens with two attached hydrogens (primary N) is 1. The minimum atomic E-state index is -0.396. The number of hydrogen-bond acceptors (Lipinski definition) is 4. The SMILES string of the molecule is C[C@H](CS)C/C=C/C[C@@H]1CC[C@H]1CN1CC(CCCc2cccc(Cl)c2)COc2ccc(C(N)=O)cc21. The number of hydrogen-bond donors (Lipinski definition) is 2. The molecule has 2 aliphatic rings. The number of carbonyl (C=O) groups excluding carboxylic acids is 1. The van der Waals surface area contributed by atoms with Gasteiger partial charge in [-0.1, -0.05) is 42.8 Å². The molecule has 0 bridgehead atoms. The summed E-state index contributed by atoms with van der Waals surface area (Å²) in [6.07, 6.45) is 12.7. The Balaban J connectivity index is 1.41. The predicted molar refractivity (Wildman–Crippen MR) is 158 cm³/mol. The van der Waals surface area contributed by atoms with Crippen LogP contribution in [0.15, 0.2) is 54.6 Å². The maximum absolute atomic E-state index is 11.9. The van der Waals surface area contributed by atoms with Crippen LogP contribution in [0.4, 0.5) is 5.69 Å². The first-order valence-corrected chi connectivity index (χ1v) is 14.8.